The number of aromatic nitrogens is 1. The largest absolute Gasteiger partial charge is 0.496 e. The summed E-state index contributed by atoms with van der Waals surface area (Å²) in [6, 6.07) is 5.16. The molecule has 1 aromatic heterocycles. The maximum Gasteiger partial charge on any atom is 0.265 e. The van der Waals surface area contributed by atoms with Crippen molar-refractivity contribution in [3.63, 3.8) is 0 Å². The first kappa shape index (κ1) is 12.0. The molecule has 94 valence electrons. The molecule has 0 saturated heterocycles. The summed E-state index contributed by atoms with van der Waals surface area (Å²) in [5.74, 6) is -0.357. The van der Waals surface area contributed by atoms with Gasteiger partial charge in [-0.15, -0.1) is 0 Å². The van der Waals surface area contributed by atoms with E-state index in [1.165, 1.54) is 11.7 Å². The van der Waals surface area contributed by atoms with Crippen molar-refractivity contribution in [1.29, 1.82) is 0 Å². The summed E-state index contributed by atoms with van der Waals surface area (Å²) in [5, 5.41) is 0.510. The molecule has 6 heteroatoms. The summed E-state index contributed by atoms with van der Waals surface area (Å²) in [7, 11) is 3.04. The molecule has 0 fully saturated rings. The minimum absolute atomic E-state index is 0.0538. The molecule has 0 saturated carbocycles. The average molecular weight is 247 g/mol. The lowest BCUT2D eigenvalue weighted by molar-refractivity contribution is 0.0999. The normalized spacial score (nSPS) is 10.6. The smallest absolute Gasteiger partial charge is 0.265 e. The number of hydrogen-bond acceptors (Lipinski definition) is 4. The number of primary amides is 1. The number of hydrogen-bond donors (Lipinski definition) is 2. The first-order chi connectivity index (χ1) is 8.49. The predicted octanol–water partition coefficient (Wildman–Crippen LogP) is 0.228. The van der Waals surface area contributed by atoms with Gasteiger partial charge in [-0.05, 0) is 12.1 Å². The lowest BCUT2D eigenvalue weighted by Crippen LogP contribution is -2.30. The van der Waals surface area contributed by atoms with Crippen LogP contribution in [0.5, 0.6) is 5.75 Å². The van der Waals surface area contributed by atoms with Gasteiger partial charge in [-0.25, -0.2) is 0 Å². The van der Waals surface area contributed by atoms with Crippen molar-refractivity contribution in [3.8, 4) is 5.75 Å². The van der Waals surface area contributed by atoms with Crippen LogP contribution >= 0.6 is 0 Å². The number of methoxy groups -OCH3 is 1. The van der Waals surface area contributed by atoms with Gasteiger partial charge in [0, 0.05) is 7.05 Å². The number of carbonyl (C=O) groups is 1. The number of aryl methyl sites for hydroxylation is 1. The van der Waals surface area contributed by atoms with Crippen LogP contribution in [0.2, 0.25) is 0 Å². The number of fused-ring (bicyclic) bond motifs is 1. The third kappa shape index (κ3) is 1.50. The number of nitrogen functional groups attached to an aromatic ring is 1. The second-order valence-electron chi connectivity index (χ2n) is 3.87. The van der Waals surface area contributed by atoms with Crippen LogP contribution in [-0.2, 0) is 7.05 Å². The van der Waals surface area contributed by atoms with Crippen molar-refractivity contribution in [3.05, 3.63) is 34.1 Å². The Labute approximate surface area is 103 Å². The van der Waals surface area contributed by atoms with Gasteiger partial charge in [0.25, 0.3) is 11.5 Å². The zero-order valence-corrected chi connectivity index (χ0v) is 10.1. The zero-order valence-electron chi connectivity index (χ0n) is 10.1. The highest BCUT2D eigenvalue weighted by molar-refractivity contribution is 6.07. The van der Waals surface area contributed by atoms with Gasteiger partial charge in [0.2, 0.25) is 0 Å². The number of pyridine rings is 1. The molecule has 1 heterocycles. The SMILES string of the molecule is COc1cccc2c1c(N)c(C(N)=O)c(=O)n2C. The van der Waals surface area contributed by atoms with Crippen molar-refractivity contribution in [2.24, 2.45) is 12.8 Å². The average Bonchev–Trinajstić information content (AvgIpc) is 2.34. The highest BCUT2D eigenvalue weighted by atomic mass is 16.5. The Balaban J connectivity index is 3.09. The van der Waals surface area contributed by atoms with Gasteiger partial charge >= 0.3 is 0 Å². The lowest BCUT2D eigenvalue weighted by Gasteiger charge is -2.13. The van der Waals surface area contributed by atoms with E-state index in [1.807, 2.05) is 0 Å². The minimum Gasteiger partial charge on any atom is -0.496 e. The van der Waals surface area contributed by atoms with E-state index in [9.17, 15) is 9.59 Å². The number of carbonyl (C=O) groups excluding carboxylic acids is 1. The highest BCUT2D eigenvalue weighted by Gasteiger charge is 2.19. The van der Waals surface area contributed by atoms with Gasteiger partial charge in [-0.1, -0.05) is 6.07 Å². The lowest BCUT2D eigenvalue weighted by atomic mass is 10.1. The van der Waals surface area contributed by atoms with Gasteiger partial charge in [0.05, 0.1) is 23.7 Å². The molecule has 0 aliphatic rings. The summed E-state index contributed by atoms with van der Waals surface area (Å²) in [6.45, 7) is 0. The van der Waals surface area contributed by atoms with E-state index in [2.05, 4.69) is 0 Å². The van der Waals surface area contributed by atoms with E-state index in [-0.39, 0.29) is 11.3 Å². The molecule has 0 radical (unpaired) electrons. The van der Waals surface area contributed by atoms with Crippen LogP contribution < -0.4 is 21.8 Å². The van der Waals surface area contributed by atoms with Crippen LogP contribution in [-0.4, -0.2) is 17.6 Å². The zero-order chi connectivity index (χ0) is 13.4. The molecule has 0 atom stereocenters. The van der Waals surface area contributed by atoms with Crippen molar-refractivity contribution in [1.82, 2.24) is 4.57 Å². The second kappa shape index (κ2) is 4.06. The summed E-state index contributed by atoms with van der Waals surface area (Å²) in [6.07, 6.45) is 0. The Kier molecular flexibility index (Phi) is 2.70. The van der Waals surface area contributed by atoms with Crippen LogP contribution in [0.4, 0.5) is 5.69 Å². The van der Waals surface area contributed by atoms with Crippen molar-refractivity contribution in [2.75, 3.05) is 12.8 Å². The number of benzene rings is 1. The molecule has 6 nitrogen and oxygen atoms in total. The van der Waals surface area contributed by atoms with Crippen LogP contribution in [0.3, 0.4) is 0 Å². The third-order valence-electron chi connectivity index (χ3n) is 2.89. The van der Waals surface area contributed by atoms with Crippen molar-refractivity contribution < 1.29 is 9.53 Å². The summed E-state index contributed by atoms with van der Waals surface area (Å²) >= 11 is 0. The van der Waals surface area contributed by atoms with Gasteiger partial charge < -0.3 is 20.8 Å². The van der Waals surface area contributed by atoms with E-state index in [1.54, 1.807) is 25.2 Å². The number of ether oxygens (including phenoxy) is 1. The number of nitrogens with two attached hydrogens (primary N) is 2. The molecule has 0 unspecified atom stereocenters. The molecular formula is C12H13N3O3. The van der Waals surface area contributed by atoms with E-state index in [0.29, 0.717) is 16.7 Å². The molecular weight excluding hydrogens is 234 g/mol. The van der Waals surface area contributed by atoms with Gasteiger partial charge in [0.15, 0.2) is 0 Å². The molecule has 4 N–H and O–H groups in total. The number of nitrogens with zero attached hydrogens (tertiary/aromatic N) is 1. The molecule has 2 rings (SSSR count). The van der Waals surface area contributed by atoms with Crippen molar-refractivity contribution in [2.45, 2.75) is 0 Å². The first-order valence-corrected chi connectivity index (χ1v) is 5.24. The van der Waals surface area contributed by atoms with Gasteiger partial charge in [-0.3, -0.25) is 9.59 Å². The fourth-order valence-corrected chi connectivity index (χ4v) is 2.00. The van der Waals surface area contributed by atoms with E-state index >= 15 is 0 Å². The van der Waals surface area contributed by atoms with E-state index in [0.717, 1.165) is 0 Å². The van der Waals surface area contributed by atoms with Crippen LogP contribution in [0.15, 0.2) is 23.0 Å². The van der Waals surface area contributed by atoms with Crippen LogP contribution in [0.1, 0.15) is 10.4 Å². The topological polar surface area (TPSA) is 100 Å². The molecule has 1 aromatic carbocycles. The molecule has 0 aliphatic heterocycles. The fourth-order valence-electron chi connectivity index (χ4n) is 2.00. The Hall–Kier alpha value is -2.50. The van der Waals surface area contributed by atoms with E-state index in [4.69, 9.17) is 16.2 Å². The van der Waals surface area contributed by atoms with Crippen LogP contribution in [0, 0.1) is 0 Å². The van der Waals surface area contributed by atoms with Gasteiger partial charge in [-0.2, -0.15) is 0 Å². The number of rotatable bonds is 2. The summed E-state index contributed by atoms with van der Waals surface area (Å²) in [5.41, 5.74) is 11.0. The predicted molar refractivity (Wildman–Crippen MR) is 68.7 cm³/mol. The summed E-state index contributed by atoms with van der Waals surface area (Å²) in [4.78, 5) is 23.3. The van der Waals surface area contributed by atoms with Gasteiger partial charge in [0.1, 0.15) is 11.3 Å². The molecule has 0 spiro atoms. The number of anilines is 1. The standard InChI is InChI=1S/C12H13N3O3/c1-15-6-4-3-5-7(18-2)8(6)10(13)9(11(14)16)12(15)17/h3-5H,13H2,1-2H3,(H2,14,16). The molecule has 1 amide bonds. The Morgan fingerprint density at radius 2 is 2.06 bits per heavy atom. The monoisotopic (exact) mass is 247 g/mol. The number of amides is 1. The Morgan fingerprint density at radius 3 is 2.61 bits per heavy atom. The minimum atomic E-state index is -0.846. The van der Waals surface area contributed by atoms with Crippen molar-refractivity contribution >= 4 is 22.5 Å². The third-order valence-corrected chi connectivity index (χ3v) is 2.89. The second-order valence-corrected chi connectivity index (χ2v) is 3.87. The molecule has 18 heavy (non-hydrogen) atoms. The highest BCUT2D eigenvalue weighted by Crippen LogP contribution is 2.30. The van der Waals surface area contributed by atoms with E-state index < -0.39 is 11.5 Å². The molecule has 0 bridgehead atoms. The maximum absolute atomic E-state index is 12.0. The van der Waals surface area contributed by atoms with Crippen LogP contribution in [0.25, 0.3) is 10.9 Å². The maximum atomic E-state index is 12.0. The summed E-state index contributed by atoms with van der Waals surface area (Å²) < 4.78 is 6.52. The quantitative estimate of drug-likeness (QED) is 0.793. The molecule has 2 aromatic rings. The molecule has 0 aliphatic carbocycles. The first-order valence-electron chi connectivity index (χ1n) is 5.24. The fraction of sp³-hybridized carbons (Fsp3) is 0.167. The Morgan fingerprint density at radius 1 is 1.39 bits per heavy atom. The Bertz CT molecular complexity index is 704.